The van der Waals surface area contributed by atoms with E-state index < -0.39 is 10.0 Å². The first-order chi connectivity index (χ1) is 13.1. The van der Waals surface area contributed by atoms with Crippen LogP contribution >= 0.6 is 0 Å². The second-order valence-corrected chi connectivity index (χ2v) is 8.22. The Kier molecular flexibility index (Phi) is 4.81. The molecular formula is C21H20N2O3S. The number of nitrogens with one attached hydrogen (secondary N) is 1. The minimum Gasteiger partial charge on any atom is -0.439 e. The van der Waals surface area contributed by atoms with Gasteiger partial charge in [-0.3, -0.25) is 4.72 Å². The average Bonchev–Trinajstić information content (AvgIpc) is 2.70. The van der Waals surface area contributed by atoms with Crippen molar-refractivity contribution in [1.29, 1.82) is 0 Å². The number of aryl methyl sites for hydroxylation is 2. The lowest BCUT2D eigenvalue weighted by Gasteiger charge is -2.17. The van der Waals surface area contributed by atoms with Gasteiger partial charge in [0.05, 0.1) is 4.90 Å². The van der Waals surface area contributed by atoms with Crippen molar-refractivity contribution in [2.24, 2.45) is 0 Å². The van der Waals surface area contributed by atoms with Crippen LogP contribution in [0.1, 0.15) is 24.0 Å². The molecule has 2 aromatic carbocycles. The maximum atomic E-state index is 12.7. The second-order valence-electron chi connectivity index (χ2n) is 6.54. The third-order valence-corrected chi connectivity index (χ3v) is 5.98. The van der Waals surface area contributed by atoms with Gasteiger partial charge in [0.15, 0.2) is 0 Å². The summed E-state index contributed by atoms with van der Waals surface area (Å²) in [5.41, 5.74) is 2.89. The SMILES string of the molecule is O=S(=O)(Nc1ccc(Oc2ccccn2)cc1)c1ccc2c(c1)CCCC2. The monoisotopic (exact) mass is 380 g/mol. The minimum absolute atomic E-state index is 0.303. The van der Waals surface area contributed by atoms with Crippen LogP contribution < -0.4 is 9.46 Å². The van der Waals surface area contributed by atoms with E-state index in [0.717, 1.165) is 24.8 Å². The topological polar surface area (TPSA) is 68.3 Å². The number of hydrogen-bond donors (Lipinski definition) is 1. The van der Waals surface area contributed by atoms with E-state index in [1.807, 2.05) is 18.2 Å². The fourth-order valence-corrected chi connectivity index (χ4v) is 4.32. The van der Waals surface area contributed by atoms with E-state index in [-0.39, 0.29) is 0 Å². The number of pyridine rings is 1. The molecule has 6 heteroatoms. The van der Waals surface area contributed by atoms with E-state index in [9.17, 15) is 8.42 Å². The van der Waals surface area contributed by atoms with E-state index in [0.29, 0.717) is 22.2 Å². The maximum absolute atomic E-state index is 12.7. The minimum atomic E-state index is -3.62. The summed E-state index contributed by atoms with van der Waals surface area (Å²) in [6.07, 6.45) is 5.90. The van der Waals surface area contributed by atoms with Crippen LogP contribution in [0.25, 0.3) is 0 Å². The average molecular weight is 380 g/mol. The molecule has 1 heterocycles. The van der Waals surface area contributed by atoms with Crippen LogP contribution in [0.15, 0.2) is 71.8 Å². The molecule has 1 N–H and O–H groups in total. The maximum Gasteiger partial charge on any atom is 0.261 e. The highest BCUT2D eigenvalue weighted by molar-refractivity contribution is 7.92. The Morgan fingerprint density at radius 1 is 0.889 bits per heavy atom. The molecule has 0 radical (unpaired) electrons. The largest absolute Gasteiger partial charge is 0.439 e. The van der Waals surface area contributed by atoms with Crippen molar-refractivity contribution in [3.05, 3.63) is 78.0 Å². The molecule has 1 aromatic heterocycles. The molecule has 4 rings (SSSR count). The number of ether oxygens (including phenoxy) is 1. The number of nitrogens with zero attached hydrogens (tertiary/aromatic N) is 1. The van der Waals surface area contributed by atoms with Crippen LogP contribution in [0.5, 0.6) is 11.6 Å². The summed E-state index contributed by atoms with van der Waals surface area (Å²) in [6.45, 7) is 0. The molecule has 0 bridgehead atoms. The summed E-state index contributed by atoms with van der Waals surface area (Å²) in [4.78, 5) is 4.40. The van der Waals surface area contributed by atoms with Crippen molar-refractivity contribution in [3.63, 3.8) is 0 Å². The van der Waals surface area contributed by atoms with Crippen molar-refractivity contribution in [3.8, 4) is 11.6 Å². The molecule has 1 aliphatic rings. The van der Waals surface area contributed by atoms with Gasteiger partial charge in [0.25, 0.3) is 10.0 Å². The van der Waals surface area contributed by atoms with Gasteiger partial charge in [0, 0.05) is 18.0 Å². The number of fused-ring (bicyclic) bond motifs is 1. The van der Waals surface area contributed by atoms with E-state index in [2.05, 4.69) is 9.71 Å². The smallest absolute Gasteiger partial charge is 0.261 e. The predicted octanol–water partition coefficient (Wildman–Crippen LogP) is 4.55. The van der Waals surface area contributed by atoms with Gasteiger partial charge in [-0.05, 0) is 79.3 Å². The molecular weight excluding hydrogens is 360 g/mol. The Bertz CT molecular complexity index is 1030. The van der Waals surface area contributed by atoms with Crippen LogP contribution in [-0.4, -0.2) is 13.4 Å². The van der Waals surface area contributed by atoms with E-state index in [1.165, 1.54) is 12.0 Å². The second kappa shape index (κ2) is 7.40. The Hall–Kier alpha value is -2.86. The van der Waals surface area contributed by atoms with Gasteiger partial charge in [-0.25, -0.2) is 13.4 Å². The van der Waals surface area contributed by atoms with Crippen LogP contribution in [-0.2, 0) is 22.9 Å². The third kappa shape index (κ3) is 4.11. The molecule has 0 saturated heterocycles. The summed E-state index contributed by atoms with van der Waals surface area (Å²) >= 11 is 0. The molecule has 138 valence electrons. The lowest BCUT2D eigenvalue weighted by molar-refractivity contribution is 0.463. The van der Waals surface area contributed by atoms with E-state index in [1.54, 1.807) is 48.7 Å². The molecule has 1 aliphatic carbocycles. The lowest BCUT2D eigenvalue weighted by Crippen LogP contribution is -2.14. The van der Waals surface area contributed by atoms with Crippen molar-refractivity contribution in [2.45, 2.75) is 30.6 Å². The number of rotatable bonds is 5. The molecule has 0 atom stereocenters. The van der Waals surface area contributed by atoms with Crippen LogP contribution in [0, 0.1) is 0 Å². The van der Waals surface area contributed by atoms with Crippen molar-refractivity contribution >= 4 is 15.7 Å². The molecule has 5 nitrogen and oxygen atoms in total. The van der Waals surface area contributed by atoms with Gasteiger partial charge in [0.2, 0.25) is 5.88 Å². The summed E-state index contributed by atoms with van der Waals surface area (Å²) < 4.78 is 33.7. The summed E-state index contributed by atoms with van der Waals surface area (Å²) in [6, 6.07) is 17.6. The van der Waals surface area contributed by atoms with E-state index in [4.69, 9.17) is 4.74 Å². The number of anilines is 1. The zero-order valence-electron chi connectivity index (χ0n) is 14.8. The molecule has 3 aromatic rings. The molecule has 0 amide bonds. The van der Waals surface area contributed by atoms with Crippen molar-refractivity contribution < 1.29 is 13.2 Å². The number of aromatic nitrogens is 1. The van der Waals surface area contributed by atoms with Crippen molar-refractivity contribution in [1.82, 2.24) is 4.98 Å². The third-order valence-electron chi connectivity index (χ3n) is 4.60. The molecule has 27 heavy (non-hydrogen) atoms. The first-order valence-corrected chi connectivity index (χ1v) is 10.4. The fraction of sp³-hybridized carbons (Fsp3) is 0.190. The van der Waals surface area contributed by atoms with Gasteiger partial charge >= 0.3 is 0 Å². The van der Waals surface area contributed by atoms with Crippen molar-refractivity contribution in [2.75, 3.05) is 4.72 Å². The highest BCUT2D eigenvalue weighted by Crippen LogP contribution is 2.26. The Labute approximate surface area is 159 Å². The molecule has 0 spiro atoms. The van der Waals surface area contributed by atoms with Gasteiger partial charge in [-0.1, -0.05) is 12.1 Å². The molecule has 0 unspecified atom stereocenters. The highest BCUT2D eigenvalue weighted by Gasteiger charge is 2.18. The molecule has 0 aliphatic heterocycles. The fourth-order valence-electron chi connectivity index (χ4n) is 3.21. The quantitative estimate of drug-likeness (QED) is 0.705. The first kappa shape index (κ1) is 17.5. The van der Waals surface area contributed by atoms with Gasteiger partial charge in [-0.15, -0.1) is 0 Å². The van der Waals surface area contributed by atoms with Gasteiger partial charge in [-0.2, -0.15) is 0 Å². The Morgan fingerprint density at radius 3 is 2.41 bits per heavy atom. The summed E-state index contributed by atoms with van der Waals surface area (Å²) in [7, 11) is -3.62. The summed E-state index contributed by atoms with van der Waals surface area (Å²) in [5.74, 6) is 1.07. The van der Waals surface area contributed by atoms with Gasteiger partial charge in [0.1, 0.15) is 5.75 Å². The molecule has 0 saturated carbocycles. The number of hydrogen-bond acceptors (Lipinski definition) is 4. The number of sulfonamides is 1. The number of benzene rings is 2. The zero-order valence-corrected chi connectivity index (χ0v) is 15.6. The van der Waals surface area contributed by atoms with Crippen LogP contribution in [0.3, 0.4) is 0 Å². The van der Waals surface area contributed by atoms with Gasteiger partial charge < -0.3 is 4.74 Å². The predicted molar refractivity (Wildman–Crippen MR) is 105 cm³/mol. The van der Waals surface area contributed by atoms with Crippen LogP contribution in [0.4, 0.5) is 5.69 Å². The standard InChI is InChI=1S/C21H20N2O3S/c24-27(25,20-13-8-16-5-1-2-6-17(16)15-20)23-18-9-11-19(12-10-18)26-21-7-3-4-14-22-21/h3-4,7-15,23H,1-2,5-6H2. The molecule has 0 fully saturated rings. The highest BCUT2D eigenvalue weighted by atomic mass is 32.2. The zero-order chi connectivity index (χ0) is 18.7. The Morgan fingerprint density at radius 2 is 1.67 bits per heavy atom. The normalized spacial score (nSPS) is 13.6. The van der Waals surface area contributed by atoms with Crippen LogP contribution in [0.2, 0.25) is 0 Å². The van der Waals surface area contributed by atoms with E-state index >= 15 is 0 Å². The Balaban J connectivity index is 1.49. The first-order valence-electron chi connectivity index (χ1n) is 8.94. The summed E-state index contributed by atoms with van der Waals surface area (Å²) in [5, 5.41) is 0. The lowest BCUT2D eigenvalue weighted by atomic mass is 9.92.